The lowest BCUT2D eigenvalue weighted by atomic mass is 10.2. The summed E-state index contributed by atoms with van der Waals surface area (Å²) in [5.74, 6) is -0.445. The van der Waals surface area contributed by atoms with Crippen molar-refractivity contribution in [3.8, 4) is 0 Å². The Labute approximate surface area is 115 Å². The van der Waals surface area contributed by atoms with E-state index in [-0.39, 0.29) is 6.03 Å². The summed E-state index contributed by atoms with van der Waals surface area (Å²) < 4.78 is 6.48. The number of nitrogens with zero attached hydrogens (tertiary/aromatic N) is 3. The Bertz CT molecular complexity index is 707. The normalized spacial score (nSPS) is 14.7. The van der Waals surface area contributed by atoms with Crippen molar-refractivity contribution in [2.75, 3.05) is 25.1 Å². The third kappa shape index (κ3) is 1.87. The van der Waals surface area contributed by atoms with Crippen LogP contribution in [0, 0.1) is 6.92 Å². The van der Waals surface area contributed by atoms with Gasteiger partial charge in [-0.05, 0) is 13.0 Å². The molecule has 0 radical (unpaired) electrons. The van der Waals surface area contributed by atoms with Gasteiger partial charge in [0.15, 0.2) is 5.65 Å². The number of imidazole rings is 1. The molecule has 104 valence electrons. The number of rotatable bonds is 2. The molecule has 0 spiro atoms. The fourth-order valence-corrected chi connectivity index (χ4v) is 2.33. The van der Waals surface area contributed by atoms with Crippen LogP contribution in [0.4, 0.5) is 10.5 Å². The predicted molar refractivity (Wildman–Crippen MR) is 72.0 cm³/mol. The van der Waals surface area contributed by atoms with Gasteiger partial charge in [0.1, 0.15) is 0 Å². The zero-order valence-corrected chi connectivity index (χ0v) is 11.2. The molecule has 0 aromatic carbocycles. The fraction of sp³-hybridized carbons (Fsp3) is 0.308. The zero-order valence-electron chi connectivity index (χ0n) is 11.2. The summed E-state index contributed by atoms with van der Waals surface area (Å²) in [5.41, 5.74) is 2.45. The van der Waals surface area contributed by atoms with Crippen LogP contribution in [0.2, 0.25) is 0 Å². The van der Waals surface area contributed by atoms with Gasteiger partial charge in [0, 0.05) is 25.5 Å². The third-order valence-corrected chi connectivity index (χ3v) is 3.22. The Morgan fingerprint density at radius 1 is 1.45 bits per heavy atom. The maximum atomic E-state index is 11.8. The van der Waals surface area contributed by atoms with Crippen LogP contribution in [-0.2, 0) is 4.74 Å². The number of hydrogen-bond donors (Lipinski definition) is 1. The van der Waals surface area contributed by atoms with Crippen molar-refractivity contribution in [2.45, 2.75) is 6.92 Å². The van der Waals surface area contributed by atoms with Gasteiger partial charge in [-0.3, -0.25) is 4.90 Å². The molecule has 1 fully saturated rings. The number of carbonyl (C=O) groups is 2. The summed E-state index contributed by atoms with van der Waals surface area (Å²) in [5, 5.41) is 2.74. The van der Waals surface area contributed by atoms with Crippen molar-refractivity contribution in [2.24, 2.45) is 0 Å². The first-order valence-corrected chi connectivity index (χ1v) is 6.23. The van der Waals surface area contributed by atoms with E-state index in [2.05, 4.69) is 10.3 Å². The molecule has 0 unspecified atom stereocenters. The van der Waals surface area contributed by atoms with E-state index in [1.807, 2.05) is 6.92 Å². The number of fused-ring (bicyclic) bond motifs is 1. The molecule has 1 aliphatic heterocycles. The Hall–Kier alpha value is -2.57. The Morgan fingerprint density at radius 2 is 2.25 bits per heavy atom. The van der Waals surface area contributed by atoms with E-state index in [1.165, 1.54) is 7.11 Å². The Kier molecular flexibility index (Phi) is 2.81. The molecule has 0 atom stereocenters. The monoisotopic (exact) mass is 274 g/mol. The number of methoxy groups -OCH3 is 1. The van der Waals surface area contributed by atoms with Gasteiger partial charge in [-0.25, -0.2) is 14.6 Å². The van der Waals surface area contributed by atoms with Crippen molar-refractivity contribution in [3.05, 3.63) is 29.7 Å². The number of aryl methyl sites for hydroxylation is 1. The number of urea groups is 1. The standard InChI is InChI=1S/C13H14N4O3/c1-8-6-16-7-9(12(18)20-2)5-10(11(16)15-8)17-4-3-14-13(17)19/h5-7H,3-4H2,1-2H3,(H,14,19). The summed E-state index contributed by atoms with van der Waals surface area (Å²) >= 11 is 0. The molecule has 3 rings (SSSR count). The molecular formula is C13H14N4O3. The van der Waals surface area contributed by atoms with Crippen LogP contribution >= 0.6 is 0 Å². The van der Waals surface area contributed by atoms with Gasteiger partial charge in [0.2, 0.25) is 0 Å². The minimum absolute atomic E-state index is 0.186. The molecule has 1 aliphatic rings. The molecule has 0 aliphatic carbocycles. The summed E-state index contributed by atoms with van der Waals surface area (Å²) in [6, 6.07) is 1.45. The number of amides is 2. The van der Waals surface area contributed by atoms with Crippen molar-refractivity contribution in [1.29, 1.82) is 0 Å². The lowest BCUT2D eigenvalue weighted by molar-refractivity contribution is 0.0600. The number of carbonyl (C=O) groups excluding carboxylic acids is 2. The third-order valence-electron chi connectivity index (χ3n) is 3.22. The highest BCUT2D eigenvalue weighted by atomic mass is 16.5. The molecule has 2 aromatic rings. The first-order chi connectivity index (χ1) is 9.60. The zero-order chi connectivity index (χ0) is 14.3. The lowest BCUT2D eigenvalue weighted by Crippen LogP contribution is -2.28. The highest BCUT2D eigenvalue weighted by Crippen LogP contribution is 2.25. The largest absolute Gasteiger partial charge is 0.465 e. The average Bonchev–Trinajstić information content (AvgIpc) is 3.01. The molecule has 7 heteroatoms. The number of nitrogens with one attached hydrogen (secondary N) is 1. The van der Waals surface area contributed by atoms with Gasteiger partial charge >= 0.3 is 12.0 Å². The predicted octanol–water partition coefficient (Wildman–Crippen LogP) is 0.959. The van der Waals surface area contributed by atoms with Crippen LogP contribution in [0.1, 0.15) is 16.1 Å². The molecule has 1 N–H and O–H groups in total. The van der Waals surface area contributed by atoms with E-state index in [4.69, 9.17) is 4.74 Å². The Morgan fingerprint density at radius 3 is 2.90 bits per heavy atom. The number of anilines is 1. The highest BCUT2D eigenvalue weighted by Gasteiger charge is 2.25. The second-order valence-electron chi connectivity index (χ2n) is 4.60. The van der Waals surface area contributed by atoms with Crippen LogP contribution in [0.15, 0.2) is 18.5 Å². The molecule has 3 heterocycles. The second-order valence-corrected chi connectivity index (χ2v) is 4.60. The van der Waals surface area contributed by atoms with Gasteiger partial charge in [-0.1, -0.05) is 0 Å². The van der Waals surface area contributed by atoms with Crippen LogP contribution in [0.25, 0.3) is 5.65 Å². The average molecular weight is 274 g/mol. The lowest BCUT2D eigenvalue weighted by Gasteiger charge is -2.16. The van der Waals surface area contributed by atoms with Gasteiger partial charge < -0.3 is 14.5 Å². The van der Waals surface area contributed by atoms with Crippen LogP contribution < -0.4 is 10.2 Å². The number of pyridine rings is 1. The molecule has 20 heavy (non-hydrogen) atoms. The topological polar surface area (TPSA) is 75.9 Å². The first-order valence-electron chi connectivity index (χ1n) is 6.23. The van der Waals surface area contributed by atoms with Crippen LogP contribution in [0.5, 0.6) is 0 Å². The smallest absolute Gasteiger partial charge is 0.339 e. The maximum Gasteiger partial charge on any atom is 0.339 e. The van der Waals surface area contributed by atoms with E-state index in [1.54, 1.807) is 27.8 Å². The van der Waals surface area contributed by atoms with E-state index in [0.717, 1.165) is 5.69 Å². The molecule has 0 saturated carbocycles. The number of hydrogen-bond acceptors (Lipinski definition) is 4. The van der Waals surface area contributed by atoms with Gasteiger partial charge in [-0.2, -0.15) is 0 Å². The molecule has 2 amide bonds. The summed E-state index contributed by atoms with van der Waals surface area (Å²) in [6.45, 7) is 2.98. The molecule has 7 nitrogen and oxygen atoms in total. The molecule has 1 saturated heterocycles. The van der Waals surface area contributed by atoms with E-state index >= 15 is 0 Å². The van der Waals surface area contributed by atoms with Gasteiger partial charge in [0.25, 0.3) is 0 Å². The van der Waals surface area contributed by atoms with Crippen LogP contribution in [0.3, 0.4) is 0 Å². The van der Waals surface area contributed by atoms with Crippen molar-refractivity contribution >= 4 is 23.3 Å². The summed E-state index contributed by atoms with van der Waals surface area (Å²) in [6.07, 6.45) is 3.46. The fourth-order valence-electron chi connectivity index (χ4n) is 2.33. The van der Waals surface area contributed by atoms with Crippen molar-refractivity contribution < 1.29 is 14.3 Å². The maximum absolute atomic E-state index is 11.8. The summed E-state index contributed by atoms with van der Waals surface area (Å²) in [7, 11) is 1.33. The van der Waals surface area contributed by atoms with Crippen LogP contribution in [-0.4, -0.2) is 41.6 Å². The number of ether oxygens (including phenoxy) is 1. The second kappa shape index (κ2) is 4.52. The van der Waals surface area contributed by atoms with E-state index in [0.29, 0.717) is 30.0 Å². The molecule has 0 bridgehead atoms. The van der Waals surface area contributed by atoms with Crippen molar-refractivity contribution in [3.63, 3.8) is 0 Å². The van der Waals surface area contributed by atoms with Gasteiger partial charge in [0.05, 0.1) is 24.1 Å². The minimum Gasteiger partial charge on any atom is -0.465 e. The SMILES string of the molecule is COC(=O)c1cc(N2CCNC2=O)c2nc(C)cn2c1. The molecule has 2 aromatic heterocycles. The first kappa shape index (κ1) is 12.5. The van der Waals surface area contributed by atoms with Crippen molar-refractivity contribution in [1.82, 2.24) is 14.7 Å². The molecular weight excluding hydrogens is 260 g/mol. The minimum atomic E-state index is -0.445. The quantitative estimate of drug-likeness (QED) is 0.828. The highest BCUT2D eigenvalue weighted by molar-refractivity contribution is 6.00. The van der Waals surface area contributed by atoms with Gasteiger partial charge in [-0.15, -0.1) is 0 Å². The Balaban J connectivity index is 2.21. The summed E-state index contributed by atoms with van der Waals surface area (Å²) in [4.78, 5) is 29.6. The van der Waals surface area contributed by atoms with E-state index in [9.17, 15) is 9.59 Å². The van der Waals surface area contributed by atoms with E-state index < -0.39 is 5.97 Å². The number of aromatic nitrogens is 2. The number of esters is 1.